The van der Waals surface area contributed by atoms with E-state index in [4.69, 9.17) is 4.74 Å². The van der Waals surface area contributed by atoms with E-state index < -0.39 is 6.09 Å². The first kappa shape index (κ1) is 12.6. The average Bonchev–Trinajstić information content (AvgIpc) is 2.39. The predicted molar refractivity (Wildman–Crippen MR) is 67.7 cm³/mol. The molecule has 1 aliphatic rings. The lowest BCUT2D eigenvalue weighted by Crippen LogP contribution is -2.41. The van der Waals surface area contributed by atoms with Crippen molar-refractivity contribution < 1.29 is 14.3 Å². The van der Waals surface area contributed by atoms with Gasteiger partial charge in [-0.15, -0.1) is 0 Å². The maximum atomic E-state index is 11.9. The standard InChI is InChI=1S/C14H17NO3/c1-2-11-5-3-7-13(9-11)18-14(17)15-8-4-6-12(16)10-15/h3,5,7,9H,2,4,6,8,10H2,1H3. The summed E-state index contributed by atoms with van der Waals surface area (Å²) in [6, 6.07) is 7.46. The number of hydrogen-bond donors (Lipinski definition) is 0. The lowest BCUT2D eigenvalue weighted by atomic mass is 10.1. The molecule has 1 fully saturated rings. The van der Waals surface area contributed by atoms with Gasteiger partial charge in [0.15, 0.2) is 5.78 Å². The number of amides is 1. The minimum Gasteiger partial charge on any atom is -0.410 e. The van der Waals surface area contributed by atoms with Crippen molar-refractivity contribution in [3.05, 3.63) is 29.8 Å². The van der Waals surface area contributed by atoms with Crippen molar-refractivity contribution in [2.24, 2.45) is 0 Å². The van der Waals surface area contributed by atoms with Crippen molar-refractivity contribution in [1.82, 2.24) is 4.90 Å². The van der Waals surface area contributed by atoms with Crippen LogP contribution >= 0.6 is 0 Å². The first-order valence-electron chi connectivity index (χ1n) is 6.26. The Morgan fingerprint density at radius 3 is 3.00 bits per heavy atom. The number of carbonyl (C=O) groups is 2. The van der Waals surface area contributed by atoms with E-state index in [0.717, 1.165) is 18.4 Å². The smallest absolute Gasteiger partial charge is 0.410 e. The molecule has 1 aromatic rings. The molecule has 18 heavy (non-hydrogen) atoms. The molecule has 1 aromatic carbocycles. The van der Waals surface area contributed by atoms with Crippen LogP contribution in [0, 0.1) is 0 Å². The monoisotopic (exact) mass is 247 g/mol. The summed E-state index contributed by atoms with van der Waals surface area (Å²) in [6.45, 7) is 2.81. The summed E-state index contributed by atoms with van der Waals surface area (Å²) in [4.78, 5) is 24.6. The number of aryl methyl sites for hydroxylation is 1. The summed E-state index contributed by atoms with van der Waals surface area (Å²) in [7, 11) is 0. The minimum atomic E-state index is -0.434. The third-order valence-corrected chi connectivity index (χ3v) is 3.02. The number of rotatable bonds is 2. The van der Waals surface area contributed by atoms with Gasteiger partial charge in [-0.2, -0.15) is 0 Å². The topological polar surface area (TPSA) is 46.6 Å². The van der Waals surface area contributed by atoms with Crippen LogP contribution in [0.4, 0.5) is 4.79 Å². The zero-order valence-corrected chi connectivity index (χ0v) is 10.5. The van der Waals surface area contributed by atoms with E-state index >= 15 is 0 Å². The lowest BCUT2D eigenvalue weighted by molar-refractivity contribution is -0.121. The number of likely N-dealkylation sites (tertiary alicyclic amines) is 1. The molecule has 4 nitrogen and oxygen atoms in total. The lowest BCUT2D eigenvalue weighted by Gasteiger charge is -2.24. The highest BCUT2D eigenvalue weighted by atomic mass is 16.6. The van der Waals surface area contributed by atoms with Gasteiger partial charge in [0.1, 0.15) is 5.75 Å². The molecule has 0 aromatic heterocycles. The van der Waals surface area contributed by atoms with Gasteiger partial charge >= 0.3 is 6.09 Å². The Kier molecular flexibility index (Phi) is 3.97. The van der Waals surface area contributed by atoms with Crippen molar-refractivity contribution in [3.63, 3.8) is 0 Å². The molecule has 1 heterocycles. The van der Waals surface area contributed by atoms with Crippen molar-refractivity contribution in [2.75, 3.05) is 13.1 Å². The number of ether oxygens (including phenoxy) is 1. The molecule has 0 radical (unpaired) electrons. The van der Waals surface area contributed by atoms with Crippen LogP contribution in [0.25, 0.3) is 0 Å². The first-order chi connectivity index (χ1) is 8.69. The fraction of sp³-hybridized carbons (Fsp3) is 0.429. The zero-order chi connectivity index (χ0) is 13.0. The van der Waals surface area contributed by atoms with E-state index in [0.29, 0.717) is 18.7 Å². The predicted octanol–water partition coefficient (Wildman–Crippen LogP) is 2.41. The molecule has 1 aliphatic heterocycles. The van der Waals surface area contributed by atoms with Crippen molar-refractivity contribution in [3.8, 4) is 5.75 Å². The Hall–Kier alpha value is -1.84. The molecule has 4 heteroatoms. The molecule has 0 saturated carbocycles. The van der Waals surface area contributed by atoms with Gasteiger partial charge in [0.05, 0.1) is 6.54 Å². The van der Waals surface area contributed by atoms with Crippen LogP contribution in [0.1, 0.15) is 25.3 Å². The number of benzene rings is 1. The van der Waals surface area contributed by atoms with Crippen LogP contribution in [0.2, 0.25) is 0 Å². The van der Waals surface area contributed by atoms with Gasteiger partial charge in [-0.05, 0) is 30.5 Å². The van der Waals surface area contributed by atoms with Crippen LogP contribution in [0.5, 0.6) is 5.75 Å². The number of hydrogen-bond acceptors (Lipinski definition) is 3. The summed E-state index contributed by atoms with van der Waals surface area (Å²) in [6.07, 6.45) is 1.75. The SMILES string of the molecule is CCc1cccc(OC(=O)N2CCCC(=O)C2)c1. The van der Waals surface area contributed by atoms with E-state index in [1.807, 2.05) is 25.1 Å². The normalized spacial score (nSPS) is 15.6. The molecule has 0 N–H and O–H groups in total. The highest BCUT2D eigenvalue weighted by molar-refractivity contribution is 5.85. The molecule has 0 bridgehead atoms. The summed E-state index contributed by atoms with van der Waals surface area (Å²) in [5, 5.41) is 0. The molecule has 96 valence electrons. The second-order valence-electron chi connectivity index (χ2n) is 4.43. The molecule has 1 saturated heterocycles. The van der Waals surface area contributed by atoms with E-state index in [9.17, 15) is 9.59 Å². The van der Waals surface area contributed by atoms with E-state index in [1.54, 1.807) is 6.07 Å². The Morgan fingerprint density at radius 2 is 2.28 bits per heavy atom. The quantitative estimate of drug-likeness (QED) is 0.806. The van der Waals surface area contributed by atoms with Gasteiger partial charge in [0, 0.05) is 13.0 Å². The van der Waals surface area contributed by atoms with E-state index in [2.05, 4.69) is 0 Å². The van der Waals surface area contributed by atoms with Crippen LogP contribution in [-0.2, 0) is 11.2 Å². The molecule has 2 rings (SSSR count). The summed E-state index contributed by atoms with van der Waals surface area (Å²) >= 11 is 0. The molecule has 0 unspecified atom stereocenters. The minimum absolute atomic E-state index is 0.0977. The molecular weight excluding hydrogens is 230 g/mol. The number of carbonyl (C=O) groups excluding carboxylic acids is 2. The van der Waals surface area contributed by atoms with Gasteiger partial charge in [0.2, 0.25) is 0 Å². The van der Waals surface area contributed by atoms with Crippen molar-refractivity contribution in [2.45, 2.75) is 26.2 Å². The highest BCUT2D eigenvalue weighted by Gasteiger charge is 2.22. The Morgan fingerprint density at radius 1 is 1.44 bits per heavy atom. The largest absolute Gasteiger partial charge is 0.415 e. The van der Waals surface area contributed by atoms with Gasteiger partial charge in [-0.1, -0.05) is 19.1 Å². The molecular formula is C14H17NO3. The Balaban J connectivity index is 1.99. The molecule has 0 spiro atoms. The van der Waals surface area contributed by atoms with E-state index in [1.165, 1.54) is 4.90 Å². The van der Waals surface area contributed by atoms with Gasteiger partial charge in [-0.25, -0.2) is 4.79 Å². The van der Waals surface area contributed by atoms with E-state index in [-0.39, 0.29) is 12.3 Å². The number of nitrogens with zero attached hydrogens (tertiary/aromatic N) is 1. The summed E-state index contributed by atoms with van der Waals surface area (Å²) in [5.74, 6) is 0.637. The van der Waals surface area contributed by atoms with Crippen LogP contribution in [-0.4, -0.2) is 29.9 Å². The van der Waals surface area contributed by atoms with Gasteiger partial charge < -0.3 is 9.64 Å². The maximum absolute atomic E-state index is 11.9. The van der Waals surface area contributed by atoms with Crippen molar-refractivity contribution in [1.29, 1.82) is 0 Å². The fourth-order valence-electron chi connectivity index (χ4n) is 1.99. The summed E-state index contributed by atoms with van der Waals surface area (Å²) in [5.41, 5.74) is 1.12. The summed E-state index contributed by atoms with van der Waals surface area (Å²) < 4.78 is 5.28. The number of Topliss-reactive ketones (excluding diaryl/α,β-unsaturated/α-hetero) is 1. The van der Waals surface area contributed by atoms with Gasteiger partial charge in [0.25, 0.3) is 0 Å². The Labute approximate surface area is 107 Å². The zero-order valence-electron chi connectivity index (χ0n) is 10.5. The second kappa shape index (κ2) is 5.67. The Bertz CT molecular complexity index is 456. The first-order valence-corrected chi connectivity index (χ1v) is 6.26. The molecule has 0 atom stereocenters. The third kappa shape index (κ3) is 3.09. The van der Waals surface area contributed by atoms with Crippen LogP contribution in [0.3, 0.4) is 0 Å². The van der Waals surface area contributed by atoms with Gasteiger partial charge in [-0.3, -0.25) is 4.79 Å². The fourth-order valence-corrected chi connectivity index (χ4v) is 1.99. The van der Waals surface area contributed by atoms with Crippen LogP contribution in [0.15, 0.2) is 24.3 Å². The molecule has 0 aliphatic carbocycles. The third-order valence-electron chi connectivity index (χ3n) is 3.02. The second-order valence-corrected chi connectivity index (χ2v) is 4.43. The highest BCUT2D eigenvalue weighted by Crippen LogP contribution is 2.16. The van der Waals surface area contributed by atoms with Crippen LogP contribution < -0.4 is 4.74 Å². The number of ketones is 1. The maximum Gasteiger partial charge on any atom is 0.415 e. The average molecular weight is 247 g/mol. The van der Waals surface area contributed by atoms with Crippen molar-refractivity contribution >= 4 is 11.9 Å². The number of piperidine rings is 1. The molecule has 1 amide bonds.